The molecule has 31 heavy (non-hydrogen) atoms. The van der Waals surface area contributed by atoms with E-state index in [4.69, 9.17) is 15.0 Å². The molecule has 2 aliphatic rings. The molecule has 8 nitrogen and oxygen atoms in total. The number of rotatable bonds is 6. The molecule has 5 rings (SSSR count). The van der Waals surface area contributed by atoms with Crippen molar-refractivity contribution in [3.63, 3.8) is 0 Å². The average molecular weight is 423 g/mol. The SMILES string of the molecule is N#CCC1CCC(n2c(CC(O)NC3CCOCC3)nc3cnc4[nH]ccc4c32)CC1. The van der Waals surface area contributed by atoms with Gasteiger partial charge in [0.25, 0.3) is 0 Å². The van der Waals surface area contributed by atoms with E-state index in [0.29, 0.717) is 24.8 Å². The average Bonchev–Trinajstić information content (AvgIpc) is 3.39. The van der Waals surface area contributed by atoms with Crippen molar-refractivity contribution in [2.45, 2.75) is 69.7 Å². The lowest BCUT2D eigenvalue weighted by Crippen LogP contribution is -2.43. The summed E-state index contributed by atoms with van der Waals surface area (Å²) in [5.74, 6) is 1.40. The van der Waals surface area contributed by atoms with E-state index in [1.807, 2.05) is 12.4 Å². The molecule has 2 fully saturated rings. The Bertz CT molecular complexity index is 1070. The van der Waals surface area contributed by atoms with Crippen molar-refractivity contribution in [1.82, 2.24) is 24.8 Å². The molecule has 1 aliphatic carbocycles. The summed E-state index contributed by atoms with van der Waals surface area (Å²) in [4.78, 5) is 12.6. The summed E-state index contributed by atoms with van der Waals surface area (Å²) in [5, 5.41) is 24.3. The summed E-state index contributed by atoms with van der Waals surface area (Å²) in [6.45, 7) is 1.48. The number of aromatic amines is 1. The number of nitrogens with one attached hydrogen (secondary N) is 2. The van der Waals surface area contributed by atoms with E-state index in [-0.39, 0.29) is 6.04 Å². The van der Waals surface area contributed by atoms with Gasteiger partial charge in [0.15, 0.2) is 0 Å². The maximum absolute atomic E-state index is 10.8. The van der Waals surface area contributed by atoms with Crippen LogP contribution in [0.1, 0.15) is 56.8 Å². The predicted octanol–water partition coefficient (Wildman–Crippen LogP) is 3.19. The van der Waals surface area contributed by atoms with Gasteiger partial charge in [-0.05, 0) is 50.5 Å². The van der Waals surface area contributed by atoms with Crippen LogP contribution in [-0.4, -0.2) is 50.1 Å². The van der Waals surface area contributed by atoms with Gasteiger partial charge in [-0.15, -0.1) is 0 Å². The molecule has 0 amide bonds. The van der Waals surface area contributed by atoms with Crippen LogP contribution in [0.25, 0.3) is 22.1 Å². The number of pyridine rings is 1. The normalized spacial score (nSPS) is 23.9. The van der Waals surface area contributed by atoms with Gasteiger partial charge in [-0.1, -0.05) is 0 Å². The van der Waals surface area contributed by atoms with Crippen LogP contribution in [0.3, 0.4) is 0 Å². The van der Waals surface area contributed by atoms with Gasteiger partial charge >= 0.3 is 0 Å². The zero-order chi connectivity index (χ0) is 21.2. The minimum Gasteiger partial charge on any atom is -0.381 e. The molecule has 0 bridgehead atoms. The van der Waals surface area contributed by atoms with Gasteiger partial charge < -0.3 is 19.4 Å². The van der Waals surface area contributed by atoms with Gasteiger partial charge in [0.2, 0.25) is 0 Å². The van der Waals surface area contributed by atoms with Crippen molar-refractivity contribution in [2.75, 3.05) is 13.2 Å². The number of hydrogen-bond donors (Lipinski definition) is 3. The smallest absolute Gasteiger partial charge is 0.139 e. The lowest BCUT2D eigenvalue weighted by Gasteiger charge is -2.30. The fourth-order valence-electron chi connectivity index (χ4n) is 5.28. The number of aliphatic hydroxyl groups excluding tert-OH is 1. The van der Waals surface area contributed by atoms with E-state index in [9.17, 15) is 5.11 Å². The lowest BCUT2D eigenvalue weighted by atomic mass is 9.84. The molecule has 3 aromatic heterocycles. The molecule has 1 atom stereocenters. The van der Waals surface area contributed by atoms with Gasteiger partial charge in [-0.3, -0.25) is 5.32 Å². The van der Waals surface area contributed by atoms with E-state index < -0.39 is 6.23 Å². The molecule has 1 saturated heterocycles. The summed E-state index contributed by atoms with van der Waals surface area (Å²) >= 11 is 0. The van der Waals surface area contributed by atoms with Crippen molar-refractivity contribution in [3.8, 4) is 6.07 Å². The maximum Gasteiger partial charge on any atom is 0.139 e. The quantitative estimate of drug-likeness (QED) is 0.526. The number of aromatic nitrogens is 4. The number of nitriles is 1. The van der Waals surface area contributed by atoms with Gasteiger partial charge in [-0.2, -0.15) is 5.26 Å². The summed E-state index contributed by atoms with van der Waals surface area (Å²) in [7, 11) is 0. The molecule has 3 aromatic rings. The molecule has 1 unspecified atom stereocenters. The Balaban J connectivity index is 1.45. The van der Waals surface area contributed by atoms with Crippen molar-refractivity contribution in [3.05, 3.63) is 24.3 Å². The van der Waals surface area contributed by atoms with E-state index in [0.717, 1.165) is 79.6 Å². The van der Waals surface area contributed by atoms with Crippen LogP contribution in [0.4, 0.5) is 0 Å². The van der Waals surface area contributed by atoms with Crippen LogP contribution >= 0.6 is 0 Å². The zero-order valence-electron chi connectivity index (χ0n) is 17.8. The standard InChI is InChI=1S/C23H30N6O2/c24-9-5-15-1-3-17(4-2-15)29-20(13-21(30)27-16-7-11-31-12-8-16)28-19-14-26-23-18(22(19)29)6-10-25-23/h6,10,14-17,21,27,30H,1-5,7-8,11-13H2,(H,25,26). The molecule has 0 aromatic carbocycles. The predicted molar refractivity (Wildman–Crippen MR) is 117 cm³/mol. The van der Waals surface area contributed by atoms with Gasteiger partial charge in [0.1, 0.15) is 23.2 Å². The Morgan fingerprint density at radius 2 is 2.06 bits per heavy atom. The Labute approximate surface area is 181 Å². The number of fused-ring (bicyclic) bond motifs is 3. The molecular formula is C23H30N6O2. The fraction of sp³-hybridized carbons (Fsp3) is 0.609. The summed E-state index contributed by atoms with van der Waals surface area (Å²) < 4.78 is 7.78. The number of ether oxygens (including phenoxy) is 1. The second-order valence-corrected chi connectivity index (χ2v) is 8.94. The highest BCUT2D eigenvalue weighted by Crippen LogP contribution is 2.38. The number of hydrogen-bond acceptors (Lipinski definition) is 6. The topological polar surface area (TPSA) is 112 Å². The Hall–Kier alpha value is -2.47. The first-order chi connectivity index (χ1) is 15.2. The molecule has 1 aliphatic heterocycles. The van der Waals surface area contributed by atoms with Crippen LogP contribution in [0, 0.1) is 17.2 Å². The van der Waals surface area contributed by atoms with Crippen molar-refractivity contribution < 1.29 is 9.84 Å². The third kappa shape index (κ3) is 4.18. The summed E-state index contributed by atoms with van der Waals surface area (Å²) in [5.41, 5.74) is 2.84. The number of H-pyrrole nitrogens is 1. The summed E-state index contributed by atoms with van der Waals surface area (Å²) in [6.07, 6.45) is 10.2. The third-order valence-electron chi connectivity index (χ3n) is 6.89. The van der Waals surface area contributed by atoms with Crippen molar-refractivity contribution in [2.24, 2.45) is 5.92 Å². The fourth-order valence-corrected chi connectivity index (χ4v) is 5.28. The van der Waals surface area contributed by atoms with Crippen LogP contribution in [-0.2, 0) is 11.2 Å². The van der Waals surface area contributed by atoms with Gasteiger partial charge in [0, 0.05) is 49.7 Å². The molecule has 8 heteroatoms. The van der Waals surface area contributed by atoms with Crippen LogP contribution in [0.15, 0.2) is 18.5 Å². The number of nitrogens with zero attached hydrogens (tertiary/aromatic N) is 4. The first-order valence-electron chi connectivity index (χ1n) is 11.4. The van der Waals surface area contributed by atoms with Crippen LogP contribution in [0.5, 0.6) is 0 Å². The molecule has 1 saturated carbocycles. The van der Waals surface area contributed by atoms with E-state index in [2.05, 4.69) is 32.0 Å². The largest absolute Gasteiger partial charge is 0.381 e. The van der Waals surface area contributed by atoms with Crippen molar-refractivity contribution >= 4 is 22.1 Å². The first kappa shape index (κ1) is 20.4. The highest BCUT2D eigenvalue weighted by atomic mass is 16.5. The molecule has 3 N–H and O–H groups in total. The molecule has 4 heterocycles. The summed E-state index contributed by atoms with van der Waals surface area (Å²) in [6, 6.07) is 5.00. The molecule has 0 radical (unpaired) electrons. The lowest BCUT2D eigenvalue weighted by molar-refractivity contribution is 0.0487. The molecule has 0 spiro atoms. The van der Waals surface area contributed by atoms with Gasteiger partial charge in [0.05, 0.1) is 17.8 Å². The van der Waals surface area contributed by atoms with Crippen LogP contribution < -0.4 is 5.32 Å². The van der Waals surface area contributed by atoms with Crippen molar-refractivity contribution in [1.29, 1.82) is 5.26 Å². The highest BCUT2D eigenvalue weighted by molar-refractivity contribution is 6.01. The second-order valence-electron chi connectivity index (χ2n) is 8.94. The molecular weight excluding hydrogens is 392 g/mol. The number of imidazole rings is 1. The Kier molecular flexibility index (Phi) is 5.90. The van der Waals surface area contributed by atoms with E-state index in [1.54, 1.807) is 0 Å². The second kappa shape index (κ2) is 8.95. The monoisotopic (exact) mass is 422 g/mol. The minimum atomic E-state index is -0.650. The zero-order valence-corrected chi connectivity index (χ0v) is 17.8. The third-order valence-corrected chi connectivity index (χ3v) is 6.89. The first-order valence-corrected chi connectivity index (χ1v) is 11.4. The Morgan fingerprint density at radius 1 is 1.26 bits per heavy atom. The van der Waals surface area contributed by atoms with E-state index in [1.165, 1.54) is 0 Å². The van der Waals surface area contributed by atoms with E-state index >= 15 is 0 Å². The van der Waals surface area contributed by atoms with Gasteiger partial charge in [-0.25, -0.2) is 9.97 Å². The molecule has 164 valence electrons. The maximum atomic E-state index is 10.8. The highest BCUT2D eigenvalue weighted by Gasteiger charge is 2.28. The minimum absolute atomic E-state index is 0.279. The van der Waals surface area contributed by atoms with Crippen LogP contribution in [0.2, 0.25) is 0 Å². The Morgan fingerprint density at radius 3 is 2.84 bits per heavy atom. The number of aliphatic hydroxyl groups is 1.